The minimum atomic E-state index is -0.237. The number of halogens is 1. The summed E-state index contributed by atoms with van der Waals surface area (Å²) < 4.78 is 18.9. The minimum absolute atomic E-state index is 0.237. The maximum Gasteiger partial charge on any atom is 0.168 e. The van der Waals surface area contributed by atoms with Crippen molar-refractivity contribution in [2.24, 2.45) is 0 Å². The molecule has 0 saturated heterocycles. The highest BCUT2D eigenvalue weighted by Crippen LogP contribution is 2.21. The van der Waals surface area contributed by atoms with Gasteiger partial charge in [0.15, 0.2) is 11.6 Å². The zero-order chi connectivity index (χ0) is 12.7. The highest BCUT2D eigenvalue weighted by atomic mass is 32.2. The summed E-state index contributed by atoms with van der Waals surface area (Å²) in [4.78, 5) is 0. The van der Waals surface area contributed by atoms with E-state index in [-0.39, 0.29) is 5.82 Å². The molecule has 1 aromatic rings. The van der Waals surface area contributed by atoms with Gasteiger partial charge in [0.05, 0.1) is 7.11 Å². The molecule has 1 N–H and O–H groups in total. The first-order valence-corrected chi connectivity index (χ1v) is 7.16. The normalized spacial score (nSPS) is 12.5. The van der Waals surface area contributed by atoms with Crippen LogP contribution in [0.4, 0.5) is 4.39 Å². The largest absolute Gasteiger partial charge is 0.494 e. The summed E-state index contributed by atoms with van der Waals surface area (Å²) in [6.07, 6.45) is 2.75. The van der Waals surface area contributed by atoms with E-state index in [1.165, 1.54) is 7.11 Å². The van der Waals surface area contributed by atoms with Gasteiger partial charge >= 0.3 is 0 Å². The molecular weight excluding hydrogens is 237 g/mol. The van der Waals surface area contributed by atoms with Crippen molar-refractivity contribution < 1.29 is 9.13 Å². The second-order valence-electron chi connectivity index (χ2n) is 3.85. The first kappa shape index (κ1) is 14.3. The van der Waals surface area contributed by atoms with Gasteiger partial charge in [0.25, 0.3) is 0 Å². The van der Waals surface area contributed by atoms with Crippen LogP contribution >= 0.6 is 11.8 Å². The van der Waals surface area contributed by atoms with Crippen molar-refractivity contribution >= 4 is 11.8 Å². The van der Waals surface area contributed by atoms with Crippen LogP contribution < -0.4 is 10.1 Å². The molecular formula is C13H20FNOS. The third-order valence-corrected chi connectivity index (χ3v) is 3.33. The fourth-order valence-electron chi connectivity index (χ4n) is 1.82. The number of ether oxygens (including phenoxy) is 1. The average Bonchev–Trinajstić information content (AvgIpc) is 2.32. The van der Waals surface area contributed by atoms with Crippen LogP contribution in [0.2, 0.25) is 0 Å². The summed E-state index contributed by atoms with van der Waals surface area (Å²) in [5.74, 6) is 1.06. The molecule has 1 rings (SSSR count). The molecule has 0 radical (unpaired) electrons. The SMILES string of the molecule is CCNC(CSC)Cc1cccc(OC)c1F. The molecule has 0 aliphatic heterocycles. The summed E-state index contributed by atoms with van der Waals surface area (Å²) in [6.45, 7) is 2.96. The molecule has 0 spiro atoms. The molecule has 0 amide bonds. The van der Waals surface area contributed by atoms with Crippen LogP contribution in [0, 0.1) is 5.82 Å². The quantitative estimate of drug-likeness (QED) is 0.811. The van der Waals surface area contributed by atoms with Crippen LogP contribution in [0.5, 0.6) is 5.75 Å². The monoisotopic (exact) mass is 257 g/mol. The molecule has 0 heterocycles. The summed E-state index contributed by atoms with van der Waals surface area (Å²) in [7, 11) is 1.49. The molecule has 2 nitrogen and oxygen atoms in total. The van der Waals surface area contributed by atoms with Crippen molar-refractivity contribution in [3.05, 3.63) is 29.6 Å². The zero-order valence-electron chi connectivity index (χ0n) is 10.6. The predicted octanol–water partition coefficient (Wildman–Crippen LogP) is 2.72. The van der Waals surface area contributed by atoms with Crippen LogP contribution in [0.15, 0.2) is 18.2 Å². The second-order valence-corrected chi connectivity index (χ2v) is 4.76. The lowest BCUT2D eigenvalue weighted by molar-refractivity contribution is 0.383. The van der Waals surface area contributed by atoms with Gasteiger partial charge in [-0.25, -0.2) is 4.39 Å². The van der Waals surface area contributed by atoms with Crippen LogP contribution in [0.3, 0.4) is 0 Å². The maximum absolute atomic E-state index is 14.0. The molecule has 0 bridgehead atoms. The third kappa shape index (κ3) is 4.21. The van der Waals surface area contributed by atoms with Gasteiger partial charge in [-0.1, -0.05) is 19.1 Å². The molecule has 4 heteroatoms. The Kier molecular flexibility index (Phi) is 6.37. The van der Waals surface area contributed by atoms with Crippen molar-refractivity contribution in [2.75, 3.05) is 25.7 Å². The molecule has 0 saturated carbocycles. The summed E-state index contributed by atoms with van der Waals surface area (Å²) in [5, 5.41) is 3.37. The fourth-order valence-corrected chi connectivity index (χ4v) is 2.45. The highest BCUT2D eigenvalue weighted by Gasteiger charge is 2.13. The highest BCUT2D eigenvalue weighted by molar-refractivity contribution is 7.98. The van der Waals surface area contributed by atoms with Crippen molar-refractivity contribution in [1.29, 1.82) is 0 Å². The summed E-state index contributed by atoms with van der Waals surface area (Å²) in [6, 6.07) is 5.61. The number of hydrogen-bond donors (Lipinski definition) is 1. The summed E-state index contributed by atoms with van der Waals surface area (Å²) in [5.41, 5.74) is 0.712. The molecule has 0 fully saturated rings. The Balaban J connectivity index is 2.77. The lowest BCUT2D eigenvalue weighted by Gasteiger charge is -2.17. The number of likely N-dealkylation sites (N-methyl/N-ethyl adjacent to an activating group) is 1. The van der Waals surface area contributed by atoms with Crippen molar-refractivity contribution in [3.63, 3.8) is 0 Å². The average molecular weight is 257 g/mol. The van der Waals surface area contributed by atoms with E-state index < -0.39 is 0 Å². The lowest BCUT2D eigenvalue weighted by Crippen LogP contribution is -2.33. The van der Waals surface area contributed by atoms with Gasteiger partial charge in [-0.15, -0.1) is 0 Å². The van der Waals surface area contributed by atoms with E-state index in [0.717, 1.165) is 12.3 Å². The van der Waals surface area contributed by atoms with Crippen molar-refractivity contribution in [1.82, 2.24) is 5.32 Å². The van der Waals surface area contributed by atoms with Gasteiger partial charge in [-0.05, 0) is 30.9 Å². The number of hydrogen-bond acceptors (Lipinski definition) is 3. The Morgan fingerprint density at radius 3 is 2.82 bits per heavy atom. The first-order valence-electron chi connectivity index (χ1n) is 5.76. The van der Waals surface area contributed by atoms with Crippen LogP contribution in [0.1, 0.15) is 12.5 Å². The van der Waals surface area contributed by atoms with E-state index in [2.05, 4.69) is 18.5 Å². The second kappa shape index (κ2) is 7.56. The number of rotatable bonds is 7. The van der Waals surface area contributed by atoms with E-state index in [0.29, 0.717) is 23.8 Å². The third-order valence-electron chi connectivity index (χ3n) is 2.59. The molecule has 0 aromatic heterocycles. The Hall–Kier alpha value is -0.740. The van der Waals surface area contributed by atoms with Crippen LogP contribution in [-0.2, 0) is 6.42 Å². The minimum Gasteiger partial charge on any atom is -0.494 e. The van der Waals surface area contributed by atoms with E-state index in [1.807, 2.05) is 12.1 Å². The number of nitrogens with one attached hydrogen (secondary N) is 1. The predicted molar refractivity (Wildman–Crippen MR) is 72.5 cm³/mol. The van der Waals surface area contributed by atoms with Crippen LogP contribution in [-0.4, -0.2) is 31.7 Å². The van der Waals surface area contributed by atoms with E-state index >= 15 is 0 Å². The molecule has 1 aromatic carbocycles. The van der Waals surface area contributed by atoms with E-state index in [4.69, 9.17) is 4.74 Å². The van der Waals surface area contributed by atoms with Crippen LogP contribution in [0.25, 0.3) is 0 Å². The van der Waals surface area contributed by atoms with E-state index in [9.17, 15) is 4.39 Å². The topological polar surface area (TPSA) is 21.3 Å². The van der Waals surface area contributed by atoms with Gasteiger partial charge in [-0.2, -0.15) is 11.8 Å². The van der Waals surface area contributed by atoms with Gasteiger partial charge in [0.1, 0.15) is 0 Å². The van der Waals surface area contributed by atoms with Crippen molar-refractivity contribution in [2.45, 2.75) is 19.4 Å². The number of methoxy groups -OCH3 is 1. The number of benzene rings is 1. The standard InChI is InChI=1S/C13H20FNOS/c1-4-15-11(9-17-3)8-10-6-5-7-12(16-2)13(10)14/h5-7,11,15H,4,8-9H2,1-3H3. The maximum atomic E-state index is 14.0. The zero-order valence-corrected chi connectivity index (χ0v) is 11.4. The van der Waals surface area contributed by atoms with Gasteiger partial charge in [0.2, 0.25) is 0 Å². The van der Waals surface area contributed by atoms with Crippen molar-refractivity contribution in [3.8, 4) is 5.75 Å². The number of thioether (sulfide) groups is 1. The Bertz CT molecular complexity index is 340. The fraction of sp³-hybridized carbons (Fsp3) is 0.538. The smallest absolute Gasteiger partial charge is 0.168 e. The van der Waals surface area contributed by atoms with E-state index in [1.54, 1.807) is 17.8 Å². The molecule has 0 aliphatic rings. The Morgan fingerprint density at radius 1 is 1.47 bits per heavy atom. The molecule has 96 valence electrons. The lowest BCUT2D eigenvalue weighted by atomic mass is 10.1. The first-order chi connectivity index (χ1) is 8.22. The van der Waals surface area contributed by atoms with Gasteiger partial charge in [0, 0.05) is 11.8 Å². The summed E-state index contributed by atoms with van der Waals surface area (Å²) >= 11 is 1.77. The Labute approximate surface area is 107 Å². The van der Waals surface area contributed by atoms with Gasteiger partial charge < -0.3 is 10.1 Å². The van der Waals surface area contributed by atoms with Gasteiger partial charge in [-0.3, -0.25) is 0 Å². The molecule has 0 aliphatic carbocycles. The molecule has 1 unspecified atom stereocenters. The molecule has 17 heavy (non-hydrogen) atoms. The molecule has 1 atom stereocenters. The Morgan fingerprint density at radius 2 is 2.24 bits per heavy atom.